The number of rotatable bonds is 8. The van der Waals surface area contributed by atoms with E-state index in [-0.39, 0.29) is 26.6 Å². The minimum atomic E-state index is -1.22. The third-order valence-corrected chi connectivity index (χ3v) is 7.59. The van der Waals surface area contributed by atoms with E-state index in [9.17, 15) is 19.5 Å². The van der Waals surface area contributed by atoms with Crippen molar-refractivity contribution < 1.29 is 24.3 Å². The fourth-order valence-electron chi connectivity index (χ4n) is 2.82. The van der Waals surface area contributed by atoms with Crippen molar-refractivity contribution in [2.24, 2.45) is 10.9 Å². The maximum absolute atomic E-state index is 12.8. The number of carboxylic acids is 1. The molecular weight excluding hydrogens is 488 g/mol. The zero-order valence-corrected chi connectivity index (χ0v) is 19.1. The smallest absolute Gasteiger partial charge is 0.353 e. The van der Waals surface area contributed by atoms with Crippen molar-refractivity contribution in [3.63, 3.8) is 0 Å². The van der Waals surface area contributed by atoms with Crippen LogP contribution >= 0.6 is 46.5 Å². The van der Waals surface area contributed by atoms with Crippen LogP contribution < -0.4 is 16.8 Å². The number of nitrogens with one attached hydrogen (secondary N) is 1. The highest BCUT2D eigenvalue weighted by atomic mass is 35.5. The number of nitrogen functional groups attached to an aromatic ring is 1. The number of β-lactam (4-membered cyclic amide) rings is 1. The van der Waals surface area contributed by atoms with E-state index in [1.54, 1.807) is 11.5 Å². The van der Waals surface area contributed by atoms with Gasteiger partial charge in [-0.2, -0.15) is 0 Å². The molecule has 1 fully saturated rings. The lowest BCUT2D eigenvalue weighted by Crippen LogP contribution is -2.71. The SMILES string of the molecule is CO/N=C(\C(=O)NC1C(=O)N2C(C(=O)O)=C(S/C=C\CN)CS[C@H]12)c1nc(N)sc1Cl. The van der Waals surface area contributed by atoms with Crippen LogP contribution in [0, 0.1) is 0 Å². The molecule has 31 heavy (non-hydrogen) atoms. The van der Waals surface area contributed by atoms with Crippen LogP contribution in [0.1, 0.15) is 5.69 Å². The average molecular weight is 505 g/mol. The summed E-state index contributed by atoms with van der Waals surface area (Å²) < 4.78 is 0.139. The first kappa shape index (κ1) is 23.4. The third kappa shape index (κ3) is 4.67. The van der Waals surface area contributed by atoms with E-state index in [4.69, 9.17) is 27.9 Å². The van der Waals surface area contributed by atoms with Crippen LogP contribution in [-0.2, 0) is 19.2 Å². The molecule has 0 radical (unpaired) electrons. The number of hydrogen-bond acceptors (Lipinski definition) is 11. The van der Waals surface area contributed by atoms with Gasteiger partial charge in [0.25, 0.3) is 11.8 Å². The highest BCUT2D eigenvalue weighted by molar-refractivity contribution is 8.08. The Morgan fingerprint density at radius 1 is 1.55 bits per heavy atom. The lowest BCUT2D eigenvalue weighted by atomic mass is 10.0. The van der Waals surface area contributed by atoms with Crippen LogP contribution in [0.2, 0.25) is 4.34 Å². The standard InChI is InChI=1S/C16H17ClN6O5S3/c1-28-22-8(7-11(17)31-16(19)21-7)12(24)20-9-13(25)23-10(15(26)27)6(5-30-14(9)23)29-4-2-3-18/h2,4,9,14H,3,5,18H2,1H3,(H2,19,21)(H,20,24)(H,26,27)/b4-2-,22-8-/t9?,14-/m1/s1. The molecule has 2 aliphatic rings. The van der Waals surface area contributed by atoms with E-state index in [2.05, 4.69) is 15.5 Å². The van der Waals surface area contributed by atoms with Gasteiger partial charge in [-0.3, -0.25) is 14.5 Å². The molecule has 11 nitrogen and oxygen atoms in total. The predicted octanol–water partition coefficient (Wildman–Crippen LogP) is 0.631. The molecule has 3 rings (SSSR count). The number of thiazole rings is 1. The Morgan fingerprint density at radius 3 is 2.87 bits per heavy atom. The fourth-order valence-corrected chi connectivity index (χ4v) is 6.09. The minimum absolute atomic E-state index is 0.0277. The summed E-state index contributed by atoms with van der Waals surface area (Å²) in [5.41, 5.74) is 10.7. The summed E-state index contributed by atoms with van der Waals surface area (Å²) >= 11 is 9.55. The molecule has 1 aromatic heterocycles. The average Bonchev–Trinajstić information content (AvgIpc) is 3.06. The van der Waals surface area contributed by atoms with Gasteiger partial charge >= 0.3 is 5.97 Å². The van der Waals surface area contributed by atoms with Crippen LogP contribution in [-0.4, -0.2) is 69.3 Å². The summed E-state index contributed by atoms with van der Waals surface area (Å²) in [6, 6.07) is -0.949. The van der Waals surface area contributed by atoms with Crippen molar-refractivity contribution in [2.75, 3.05) is 25.1 Å². The van der Waals surface area contributed by atoms with Gasteiger partial charge in [-0.25, -0.2) is 9.78 Å². The van der Waals surface area contributed by atoms with Crippen LogP contribution in [0.15, 0.2) is 27.2 Å². The summed E-state index contributed by atoms with van der Waals surface area (Å²) in [6.07, 6.45) is 1.68. The molecule has 6 N–H and O–H groups in total. The molecule has 166 valence electrons. The molecule has 1 unspecified atom stereocenters. The van der Waals surface area contributed by atoms with E-state index in [1.165, 1.54) is 35.5 Å². The second-order valence-corrected chi connectivity index (χ2v) is 9.70. The van der Waals surface area contributed by atoms with Gasteiger partial charge in [-0.15, -0.1) is 11.8 Å². The predicted molar refractivity (Wildman–Crippen MR) is 121 cm³/mol. The Kier molecular flexibility index (Phi) is 7.48. The number of oxime groups is 1. The number of fused-ring (bicyclic) bond motifs is 1. The first-order valence-electron chi connectivity index (χ1n) is 8.57. The van der Waals surface area contributed by atoms with E-state index in [1.807, 2.05) is 0 Å². The summed E-state index contributed by atoms with van der Waals surface area (Å²) in [5, 5.41) is 17.1. The second kappa shape index (κ2) is 9.91. The molecule has 0 bridgehead atoms. The molecule has 0 spiro atoms. The van der Waals surface area contributed by atoms with Crippen LogP contribution in [0.3, 0.4) is 0 Å². The van der Waals surface area contributed by atoms with Crippen molar-refractivity contribution in [2.45, 2.75) is 11.4 Å². The van der Waals surface area contributed by atoms with E-state index < -0.39 is 29.2 Å². The quantitative estimate of drug-likeness (QED) is 0.223. The monoisotopic (exact) mass is 504 g/mol. The number of nitrogens with zero attached hydrogens (tertiary/aromatic N) is 3. The van der Waals surface area contributed by atoms with Crippen molar-refractivity contribution in [3.05, 3.63) is 32.1 Å². The molecule has 1 aromatic rings. The number of amides is 2. The van der Waals surface area contributed by atoms with Gasteiger partial charge in [0.15, 0.2) is 10.8 Å². The van der Waals surface area contributed by atoms with E-state index >= 15 is 0 Å². The van der Waals surface area contributed by atoms with Gasteiger partial charge in [0.1, 0.15) is 34.3 Å². The van der Waals surface area contributed by atoms with Gasteiger partial charge < -0.3 is 26.7 Å². The van der Waals surface area contributed by atoms with Crippen molar-refractivity contribution in [3.8, 4) is 0 Å². The summed E-state index contributed by atoms with van der Waals surface area (Å²) in [4.78, 5) is 47.7. The molecule has 3 heterocycles. The highest BCUT2D eigenvalue weighted by Crippen LogP contribution is 2.43. The molecule has 2 atom stereocenters. The number of thioether (sulfide) groups is 2. The number of halogens is 1. The van der Waals surface area contributed by atoms with E-state index in [0.717, 1.165) is 11.3 Å². The van der Waals surface area contributed by atoms with Crippen molar-refractivity contribution in [1.82, 2.24) is 15.2 Å². The zero-order valence-electron chi connectivity index (χ0n) is 15.9. The van der Waals surface area contributed by atoms with Gasteiger partial charge in [0, 0.05) is 17.2 Å². The second-order valence-electron chi connectivity index (χ2n) is 5.96. The number of anilines is 1. The molecule has 15 heteroatoms. The Hall–Kier alpha value is -2.26. The van der Waals surface area contributed by atoms with E-state index in [0.29, 0.717) is 17.2 Å². The number of aliphatic carboxylic acids is 1. The van der Waals surface area contributed by atoms with Crippen molar-refractivity contribution >= 4 is 75.1 Å². The molecule has 0 aromatic carbocycles. The fraction of sp³-hybridized carbons (Fsp3) is 0.312. The van der Waals surface area contributed by atoms with Crippen LogP contribution in [0.5, 0.6) is 0 Å². The Bertz CT molecular complexity index is 1010. The normalized spacial score (nSPS) is 21.2. The number of aromatic nitrogens is 1. The zero-order chi connectivity index (χ0) is 22.7. The maximum atomic E-state index is 12.8. The minimum Gasteiger partial charge on any atom is -0.477 e. The molecule has 2 amide bonds. The molecular formula is C16H17ClN6O5S3. The van der Waals surface area contributed by atoms with Gasteiger partial charge in [0.2, 0.25) is 0 Å². The molecule has 1 saturated heterocycles. The largest absolute Gasteiger partial charge is 0.477 e. The lowest BCUT2D eigenvalue weighted by Gasteiger charge is -2.49. The first-order valence-corrected chi connectivity index (χ1v) is 11.7. The number of hydrogen-bond donors (Lipinski definition) is 4. The van der Waals surface area contributed by atoms with Crippen molar-refractivity contribution in [1.29, 1.82) is 0 Å². The van der Waals surface area contributed by atoms with Crippen LogP contribution in [0.4, 0.5) is 5.13 Å². The Labute approximate surface area is 193 Å². The molecule has 0 aliphatic carbocycles. The molecule has 2 aliphatic heterocycles. The number of carbonyl (C=O) groups excluding carboxylic acids is 2. The summed E-state index contributed by atoms with van der Waals surface area (Å²) in [6.45, 7) is 0.315. The number of carboxylic acid groups (broad SMARTS) is 1. The lowest BCUT2D eigenvalue weighted by molar-refractivity contribution is -0.150. The van der Waals surface area contributed by atoms with Crippen LogP contribution in [0.25, 0.3) is 0 Å². The summed E-state index contributed by atoms with van der Waals surface area (Å²) in [7, 11) is 1.24. The maximum Gasteiger partial charge on any atom is 0.353 e. The first-order chi connectivity index (χ1) is 14.8. The van der Waals surface area contributed by atoms with Gasteiger partial charge in [0.05, 0.1) is 0 Å². The topological polar surface area (TPSA) is 173 Å². The van der Waals surface area contributed by atoms with Gasteiger partial charge in [-0.1, -0.05) is 45.9 Å². The Morgan fingerprint density at radius 2 is 2.29 bits per heavy atom. The number of nitrogens with two attached hydrogens (primary N) is 2. The third-order valence-electron chi connectivity index (χ3n) is 4.09. The number of carbonyl (C=O) groups is 3. The Balaban J connectivity index is 1.79. The highest BCUT2D eigenvalue weighted by Gasteiger charge is 2.54. The summed E-state index contributed by atoms with van der Waals surface area (Å²) in [5.74, 6) is -2.17. The van der Waals surface area contributed by atoms with Gasteiger partial charge in [-0.05, 0) is 5.41 Å². The molecule has 0 saturated carbocycles.